The minimum Gasteiger partial charge on any atom is -0.308 e. The topological polar surface area (TPSA) is 34.0 Å². The number of nitrogens with one attached hydrogen (secondary N) is 1. The molecule has 3 heterocycles. The molecule has 1 unspecified atom stereocenters. The van der Waals surface area contributed by atoms with Crippen LogP contribution in [0.25, 0.3) is 10.9 Å². The van der Waals surface area contributed by atoms with Crippen LogP contribution < -0.4 is 5.32 Å². The molecule has 0 amide bonds. The van der Waals surface area contributed by atoms with E-state index in [-0.39, 0.29) is 11.3 Å². The molecule has 104 valence electrons. The lowest BCUT2D eigenvalue weighted by Crippen LogP contribution is -2.31. The van der Waals surface area contributed by atoms with E-state index in [1.165, 1.54) is 16.6 Å². The lowest BCUT2D eigenvalue weighted by atomic mass is 9.85. The summed E-state index contributed by atoms with van der Waals surface area (Å²) < 4.78 is 2.01. The Bertz CT molecular complexity index is 711. The quantitative estimate of drug-likeness (QED) is 0.795. The fraction of sp³-hybridized carbons (Fsp3) is 0.471. The Morgan fingerprint density at radius 3 is 2.95 bits per heavy atom. The molecule has 1 N–H and O–H groups in total. The second kappa shape index (κ2) is 3.95. The fourth-order valence-corrected chi connectivity index (χ4v) is 3.80. The smallest absolute Gasteiger partial charge is 0.237 e. The highest BCUT2D eigenvalue weighted by molar-refractivity contribution is 5.98. The molecule has 0 saturated carbocycles. The van der Waals surface area contributed by atoms with E-state index in [1.807, 2.05) is 10.6 Å². The van der Waals surface area contributed by atoms with Crippen molar-refractivity contribution in [2.45, 2.75) is 39.2 Å². The van der Waals surface area contributed by atoms with Crippen molar-refractivity contribution in [3.63, 3.8) is 0 Å². The van der Waals surface area contributed by atoms with Crippen LogP contribution in [0.2, 0.25) is 0 Å². The Kier molecular flexibility index (Phi) is 2.40. The van der Waals surface area contributed by atoms with E-state index >= 15 is 0 Å². The number of aromatic nitrogens is 1. The number of benzene rings is 1. The molecule has 1 aromatic heterocycles. The van der Waals surface area contributed by atoms with E-state index < -0.39 is 0 Å². The van der Waals surface area contributed by atoms with Gasteiger partial charge in [0.15, 0.2) is 0 Å². The van der Waals surface area contributed by atoms with Crippen molar-refractivity contribution in [1.29, 1.82) is 0 Å². The molecule has 20 heavy (non-hydrogen) atoms. The van der Waals surface area contributed by atoms with E-state index in [4.69, 9.17) is 0 Å². The average molecular weight is 268 g/mol. The molecular weight excluding hydrogens is 248 g/mol. The molecule has 1 atom stereocenters. The minimum absolute atomic E-state index is 0.251. The van der Waals surface area contributed by atoms with E-state index in [0.29, 0.717) is 6.04 Å². The van der Waals surface area contributed by atoms with Crippen molar-refractivity contribution in [3.8, 4) is 0 Å². The summed E-state index contributed by atoms with van der Waals surface area (Å²) in [6.07, 6.45) is 3.01. The third-order valence-corrected chi connectivity index (χ3v) is 4.96. The van der Waals surface area contributed by atoms with Crippen LogP contribution >= 0.6 is 0 Å². The van der Waals surface area contributed by atoms with E-state index in [9.17, 15) is 4.79 Å². The van der Waals surface area contributed by atoms with E-state index in [2.05, 4.69) is 37.4 Å². The van der Waals surface area contributed by atoms with Crippen LogP contribution in [0.1, 0.15) is 48.8 Å². The maximum atomic E-state index is 13.0. The maximum absolute atomic E-state index is 13.0. The fourth-order valence-electron chi connectivity index (χ4n) is 3.80. The first-order valence-corrected chi connectivity index (χ1v) is 7.50. The van der Waals surface area contributed by atoms with Gasteiger partial charge in [-0.25, -0.2) is 0 Å². The van der Waals surface area contributed by atoms with Crippen molar-refractivity contribution < 1.29 is 4.79 Å². The largest absolute Gasteiger partial charge is 0.308 e. The molecule has 0 radical (unpaired) electrons. The first-order chi connectivity index (χ1) is 9.59. The average Bonchev–Trinajstić information content (AvgIpc) is 2.74. The number of carbonyl (C=O) groups is 1. The minimum atomic E-state index is -0.283. The van der Waals surface area contributed by atoms with Crippen LogP contribution in [-0.4, -0.2) is 17.0 Å². The molecule has 0 bridgehead atoms. The number of hydrogen-bond donors (Lipinski definition) is 1. The number of nitrogens with zero attached hydrogens (tertiary/aromatic N) is 1. The molecule has 0 spiro atoms. The van der Waals surface area contributed by atoms with Crippen LogP contribution in [0.4, 0.5) is 0 Å². The molecule has 2 aliphatic rings. The van der Waals surface area contributed by atoms with E-state index in [1.54, 1.807) is 0 Å². The van der Waals surface area contributed by atoms with Gasteiger partial charge in [-0.15, -0.1) is 0 Å². The summed E-state index contributed by atoms with van der Waals surface area (Å²) in [4.78, 5) is 13.0. The van der Waals surface area contributed by atoms with Gasteiger partial charge in [0, 0.05) is 22.5 Å². The second-order valence-electron chi connectivity index (χ2n) is 6.70. The number of para-hydroxylation sites is 1. The molecule has 3 heteroatoms. The summed E-state index contributed by atoms with van der Waals surface area (Å²) in [5.41, 5.74) is 3.42. The molecule has 3 nitrogen and oxygen atoms in total. The van der Waals surface area contributed by atoms with E-state index in [0.717, 1.165) is 31.3 Å². The number of hydrogen-bond acceptors (Lipinski definition) is 2. The SMILES string of the molecule is CC1(C)CCC2NCCc3c2n(c2ccccc32)C1=O. The predicted molar refractivity (Wildman–Crippen MR) is 80.0 cm³/mol. The third-order valence-electron chi connectivity index (χ3n) is 4.96. The van der Waals surface area contributed by atoms with Crippen molar-refractivity contribution in [2.75, 3.05) is 6.54 Å². The number of carbonyl (C=O) groups excluding carboxylic acids is 1. The van der Waals surface area contributed by atoms with Crippen LogP contribution in [0.3, 0.4) is 0 Å². The summed E-state index contributed by atoms with van der Waals surface area (Å²) in [5, 5.41) is 4.87. The van der Waals surface area contributed by atoms with Crippen molar-refractivity contribution in [1.82, 2.24) is 9.88 Å². The zero-order chi connectivity index (χ0) is 13.9. The molecule has 2 aliphatic heterocycles. The normalized spacial score (nSPS) is 24.5. The highest BCUT2D eigenvalue weighted by Crippen LogP contribution is 2.42. The van der Waals surface area contributed by atoms with Gasteiger partial charge in [-0.05, 0) is 37.4 Å². The van der Waals surface area contributed by atoms with Crippen LogP contribution in [0.15, 0.2) is 24.3 Å². The Morgan fingerprint density at radius 1 is 1.30 bits per heavy atom. The van der Waals surface area contributed by atoms with Gasteiger partial charge < -0.3 is 5.32 Å². The zero-order valence-corrected chi connectivity index (χ0v) is 12.1. The lowest BCUT2D eigenvalue weighted by molar-refractivity contribution is 0.0746. The Morgan fingerprint density at radius 2 is 2.10 bits per heavy atom. The first kappa shape index (κ1) is 12.2. The summed E-state index contributed by atoms with van der Waals surface area (Å²) in [7, 11) is 0. The standard InChI is InChI=1S/C17H20N2O/c1-17(2)9-7-13-15-12(8-10-18-13)11-5-3-4-6-14(11)19(15)16(17)20/h3-6,13,18H,7-10H2,1-2H3. The van der Waals surface area contributed by atoms with Gasteiger partial charge in [-0.2, -0.15) is 0 Å². The summed E-state index contributed by atoms with van der Waals surface area (Å²) in [5.74, 6) is 0.251. The molecular formula is C17H20N2O. The number of fused-ring (bicyclic) bond motifs is 3. The predicted octanol–water partition coefficient (Wildman–Crippen LogP) is 3.29. The van der Waals surface area contributed by atoms with Gasteiger partial charge in [-0.3, -0.25) is 9.36 Å². The van der Waals surface area contributed by atoms with Crippen LogP contribution in [0.5, 0.6) is 0 Å². The Labute approximate surface area is 119 Å². The number of rotatable bonds is 0. The van der Waals surface area contributed by atoms with Gasteiger partial charge in [0.2, 0.25) is 5.91 Å². The molecule has 4 rings (SSSR count). The monoisotopic (exact) mass is 268 g/mol. The Hall–Kier alpha value is -1.61. The van der Waals surface area contributed by atoms with Crippen molar-refractivity contribution in [2.24, 2.45) is 5.41 Å². The summed E-state index contributed by atoms with van der Waals surface area (Å²) >= 11 is 0. The highest BCUT2D eigenvalue weighted by atomic mass is 16.2. The first-order valence-electron chi connectivity index (χ1n) is 7.50. The van der Waals surface area contributed by atoms with Crippen molar-refractivity contribution >= 4 is 16.8 Å². The molecule has 2 aromatic rings. The summed E-state index contributed by atoms with van der Waals surface area (Å²) in [6, 6.07) is 8.69. The van der Waals surface area contributed by atoms with Crippen LogP contribution in [-0.2, 0) is 6.42 Å². The lowest BCUT2D eigenvalue weighted by Gasteiger charge is -2.24. The van der Waals surface area contributed by atoms with Gasteiger partial charge >= 0.3 is 0 Å². The molecule has 0 fully saturated rings. The van der Waals surface area contributed by atoms with Gasteiger partial charge in [-0.1, -0.05) is 32.0 Å². The molecule has 0 aliphatic carbocycles. The molecule has 0 saturated heterocycles. The third kappa shape index (κ3) is 1.47. The van der Waals surface area contributed by atoms with Gasteiger partial charge in [0.25, 0.3) is 0 Å². The second-order valence-corrected chi connectivity index (χ2v) is 6.70. The Balaban J connectivity index is 2.11. The van der Waals surface area contributed by atoms with Crippen molar-refractivity contribution in [3.05, 3.63) is 35.5 Å². The maximum Gasteiger partial charge on any atom is 0.237 e. The molecule has 1 aromatic carbocycles. The van der Waals surface area contributed by atoms with Gasteiger partial charge in [0.1, 0.15) is 0 Å². The summed E-state index contributed by atoms with van der Waals surface area (Å²) in [6.45, 7) is 5.17. The zero-order valence-electron chi connectivity index (χ0n) is 12.1. The van der Waals surface area contributed by atoms with Crippen LogP contribution in [0, 0.1) is 5.41 Å². The highest BCUT2D eigenvalue weighted by Gasteiger charge is 2.39. The van der Waals surface area contributed by atoms with Gasteiger partial charge in [0.05, 0.1) is 5.52 Å².